The fraction of sp³-hybridized carbons (Fsp3) is 0.269. The van der Waals surface area contributed by atoms with E-state index in [9.17, 15) is 14.3 Å². The Balaban J connectivity index is 1.32. The number of carbonyl (C=O) groups is 1. The van der Waals surface area contributed by atoms with Crippen LogP contribution in [-0.2, 0) is 6.42 Å². The molecule has 5 nitrogen and oxygen atoms in total. The highest BCUT2D eigenvalue weighted by atomic mass is 19.1. The number of carboxylic acids is 1. The number of aryl methyl sites for hydroxylation is 2. The topological polar surface area (TPSA) is 78.8 Å². The van der Waals surface area contributed by atoms with Crippen molar-refractivity contribution in [2.75, 3.05) is 13.1 Å². The van der Waals surface area contributed by atoms with Crippen molar-refractivity contribution in [3.05, 3.63) is 88.7 Å². The second kappa shape index (κ2) is 9.51. The molecule has 0 saturated carbocycles. The van der Waals surface area contributed by atoms with E-state index < -0.39 is 12.1 Å². The molecular formula is C26H26FNO4. The molecule has 3 aromatic carbocycles. The minimum absolute atomic E-state index is 0.00496. The summed E-state index contributed by atoms with van der Waals surface area (Å²) in [4.78, 5) is 11.0. The van der Waals surface area contributed by atoms with Gasteiger partial charge in [-0.15, -0.1) is 0 Å². The van der Waals surface area contributed by atoms with Crippen LogP contribution in [0.3, 0.4) is 0 Å². The van der Waals surface area contributed by atoms with Crippen LogP contribution in [0.2, 0.25) is 0 Å². The Bertz CT molecular complexity index is 1110. The van der Waals surface area contributed by atoms with Crippen molar-refractivity contribution in [2.45, 2.75) is 32.0 Å². The van der Waals surface area contributed by atoms with Crippen LogP contribution in [0.1, 0.15) is 39.6 Å². The van der Waals surface area contributed by atoms with Gasteiger partial charge in [-0.05, 0) is 77.9 Å². The third-order valence-corrected chi connectivity index (χ3v) is 5.83. The molecule has 0 saturated heterocycles. The summed E-state index contributed by atoms with van der Waals surface area (Å²) >= 11 is 0. The Labute approximate surface area is 186 Å². The number of hydrogen-bond acceptors (Lipinski definition) is 4. The molecule has 1 heterocycles. The standard InChI is InChI=1S/C26H26FNO4/c1-16-12-20(7-10-23(16)27)24(29)15-28-14-22-9-6-21-13-19(8-11-25(21)32-22)17-2-4-18(5-3-17)26(30)31/h2-5,7-8,10-13,22,24,28-29H,6,9,14-15H2,1H3,(H,30,31)/t22-,24?/m1/s1. The van der Waals surface area contributed by atoms with Crippen molar-refractivity contribution in [2.24, 2.45) is 0 Å². The molecule has 0 aromatic heterocycles. The number of aliphatic hydroxyl groups is 1. The molecule has 3 N–H and O–H groups in total. The van der Waals surface area contributed by atoms with Gasteiger partial charge in [0.05, 0.1) is 11.7 Å². The van der Waals surface area contributed by atoms with Crippen LogP contribution in [-0.4, -0.2) is 35.4 Å². The van der Waals surface area contributed by atoms with Crippen molar-refractivity contribution in [3.8, 4) is 16.9 Å². The predicted octanol–water partition coefficient (Wildman–Crippen LogP) is 4.52. The molecule has 6 heteroatoms. The Morgan fingerprint density at radius 3 is 2.59 bits per heavy atom. The highest BCUT2D eigenvalue weighted by Crippen LogP contribution is 2.32. The quantitative estimate of drug-likeness (QED) is 0.509. The van der Waals surface area contributed by atoms with Crippen molar-refractivity contribution in [3.63, 3.8) is 0 Å². The average Bonchev–Trinajstić information content (AvgIpc) is 2.80. The number of carboxylic acid groups (broad SMARTS) is 1. The molecule has 0 aliphatic carbocycles. The SMILES string of the molecule is Cc1cc(C(O)CNC[C@H]2CCc3cc(-c4ccc(C(=O)O)cc4)ccc3O2)ccc1F. The van der Waals surface area contributed by atoms with Gasteiger partial charge in [-0.3, -0.25) is 0 Å². The third kappa shape index (κ3) is 4.98. The van der Waals surface area contributed by atoms with Gasteiger partial charge >= 0.3 is 5.97 Å². The Morgan fingerprint density at radius 1 is 1.12 bits per heavy atom. The predicted molar refractivity (Wildman–Crippen MR) is 121 cm³/mol. The zero-order chi connectivity index (χ0) is 22.7. The summed E-state index contributed by atoms with van der Waals surface area (Å²) in [6.45, 7) is 2.65. The first-order chi connectivity index (χ1) is 15.4. The normalized spacial score (nSPS) is 16.2. The first-order valence-corrected chi connectivity index (χ1v) is 10.7. The molecule has 1 aliphatic rings. The van der Waals surface area contributed by atoms with E-state index in [2.05, 4.69) is 11.4 Å². The van der Waals surface area contributed by atoms with Crippen LogP contribution in [0.5, 0.6) is 5.75 Å². The fourth-order valence-electron chi connectivity index (χ4n) is 3.95. The maximum Gasteiger partial charge on any atom is 0.335 e. The minimum atomic E-state index is -0.935. The number of aromatic carboxylic acids is 1. The van der Waals surface area contributed by atoms with Crippen molar-refractivity contribution < 1.29 is 24.1 Å². The van der Waals surface area contributed by atoms with E-state index in [0.29, 0.717) is 24.2 Å². The molecule has 2 atom stereocenters. The van der Waals surface area contributed by atoms with Crippen molar-refractivity contribution >= 4 is 5.97 Å². The monoisotopic (exact) mass is 435 g/mol. The Hall–Kier alpha value is -3.22. The molecule has 32 heavy (non-hydrogen) atoms. The molecule has 0 radical (unpaired) electrons. The van der Waals surface area contributed by atoms with Crippen LogP contribution >= 0.6 is 0 Å². The zero-order valence-electron chi connectivity index (χ0n) is 17.8. The lowest BCUT2D eigenvalue weighted by atomic mass is 9.96. The summed E-state index contributed by atoms with van der Waals surface area (Å²) in [6, 6.07) is 17.5. The van der Waals surface area contributed by atoms with Gasteiger partial charge in [-0.2, -0.15) is 0 Å². The van der Waals surface area contributed by atoms with E-state index in [1.807, 2.05) is 24.3 Å². The van der Waals surface area contributed by atoms with Gasteiger partial charge in [0.15, 0.2) is 0 Å². The second-order valence-corrected chi connectivity index (χ2v) is 8.17. The van der Waals surface area contributed by atoms with E-state index >= 15 is 0 Å². The van der Waals surface area contributed by atoms with Crippen molar-refractivity contribution in [1.82, 2.24) is 5.32 Å². The van der Waals surface area contributed by atoms with Gasteiger partial charge in [-0.25, -0.2) is 9.18 Å². The first kappa shape index (κ1) is 22.0. The molecule has 4 rings (SSSR count). The van der Waals surface area contributed by atoms with E-state index in [4.69, 9.17) is 9.84 Å². The lowest BCUT2D eigenvalue weighted by Crippen LogP contribution is -2.36. The molecular weight excluding hydrogens is 409 g/mol. The summed E-state index contributed by atoms with van der Waals surface area (Å²) in [5, 5.41) is 22.7. The van der Waals surface area contributed by atoms with Gasteiger partial charge in [0, 0.05) is 13.1 Å². The Morgan fingerprint density at radius 2 is 1.88 bits per heavy atom. The number of ether oxygens (including phenoxy) is 1. The number of hydrogen-bond donors (Lipinski definition) is 3. The molecule has 1 aliphatic heterocycles. The Kier molecular flexibility index (Phi) is 6.53. The minimum Gasteiger partial charge on any atom is -0.489 e. The van der Waals surface area contributed by atoms with Crippen LogP contribution in [0, 0.1) is 12.7 Å². The zero-order valence-corrected chi connectivity index (χ0v) is 17.8. The van der Waals surface area contributed by atoms with Crippen LogP contribution in [0.25, 0.3) is 11.1 Å². The summed E-state index contributed by atoms with van der Waals surface area (Å²) < 4.78 is 19.5. The maximum absolute atomic E-state index is 13.4. The average molecular weight is 435 g/mol. The van der Waals surface area contributed by atoms with Crippen LogP contribution in [0.15, 0.2) is 60.7 Å². The number of nitrogens with one attached hydrogen (secondary N) is 1. The highest BCUT2D eigenvalue weighted by molar-refractivity contribution is 5.88. The molecule has 0 amide bonds. The highest BCUT2D eigenvalue weighted by Gasteiger charge is 2.20. The maximum atomic E-state index is 13.4. The molecule has 1 unspecified atom stereocenters. The largest absolute Gasteiger partial charge is 0.489 e. The number of halogens is 1. The smallest absolute Gasteiger partial charge is 0.335 e. The lowest BCUT2D eigenvalue weighted by Gasteiger charge is -2.27. The van der Waals surface area contributed by atoms with Crippen LogP contribution < -0.4 is 10.1 Å². The lowest BCUT2D eigenvalue weighted by molar-refractivity contribution is 0.0697. The van der Waals surface area contributed by atoms with Gasteiger partial charge < -0.3 is 20.3 Å². The molecule has 0 fully saturated rings. The summed E-state index contributed by atoms with van der Waals surface area (Å²) in [5.74, 6) is -0.359. The number of rotatable bonds is 7. The van der Waals surface area contributed by atoms with Gasteiger partial charge in [0.1, 0.15) is 17.7 Å². The fourth-order valence-corrected chi connectivity index (χ4v) is 3.95. The van der Waals surface area contributed by atoms with Gasteiger partial charge in [0.2, 0.25) is 0 Å². The van der Waals surface area contributed by atoms with E-state index in [-0.39, 0.29) is 17.5 Å². The number of fused-ring (bicyclic) bond motifs is 1. The van der Waals surface area contributed by atoms with Gasteiger partial charge in [0.25, 0.3) is 0 Å². The number of benzene rings is 3. The summed E-state index contributed by atoms with van der Waals surface area (Å²) in [5.41, 5.74) is 4.60. The van der Waals surface area contributed by atoms with E-state index in [1.165, 1.54) is 6.07 Å². The van der Waals surface area contributed by atoms with E-state index in [0.717, 1.165) is 35.3 Å². The van der Waals surface area contributed by atoms with E-state index in [1.54, 1.807) is 31.2 Å². The molecule has 166 valence electrons. The first-order valence-electron chi connectivity index (χ1n) is 10.7. The van der Waals surface area contributed by atoms with Gasteiger partial charge in [-0.1, -0.05) is 30.3 Å². The molecule has 3 aromatic rings. The molecule has 0 bridgehead atoms. The van der Waals surface area contributed by atoms with Crippen LogP contribution in [0.4, 0.5) is 4.39 Å². The second-order valence-electron chi connectivity index (χ2n) is 8.17. The number of aliphatic hydroxyl groups excluding tert-OH is 1. The molecule has 0 spiro atoms. The van der Waals surface area contributed by atoms with Crippen molar-refractivity contribution in [1.29, 1.82) is 0 Å². The summed E-state index contributed by atoms with van der Waals surface area (Å²) in [7, 11) is 0. The summed E-state index contributed by atoms with van der Waals surface area (Å²) in [6.07, 6.45) is 1.03. The third-order valence-electron chi connectivity index (χ3n) is 5.83.